The number of amides is 1. The fraction of sp³-hybridized carbons (Fsp3) is 0.0526. The van der Waals surface area contributed by atoms with Gasteiger partial charge in [0.05, 0.1) is 12.8 Å². The van der Waals surface area contributed by atoms with Crippen LogP contribution in [0.4, 0.5) is 5.69 Å². The number of thiophene rings is 1. The van der Waals surface area contributed by atoms with Crippen molar-refractivity contribution in [3.05, 3.63) is 76.1 Å². The van der Waals surface area contributed by atoms with Gasteiger partial charge in [0, 0.05) is 15.5 Å². The molecule has 1 N–H and O–H groups in total. The third-order valence-electron chi connectivity index (χ3n) is 3.52. The topological polar surface area (TPSA) is 55.4 Å². The predicted octanol–water partition coefficient (Wildman–Crippen LogP) is 5.11. The Balaban J connectivity index is 1.95. The molecule has 0 aliphatic carbocycles. The van der Waals surface area contributed by atoms with E-state index in [-0.39, 0.29) is 5.91 Å². The number of rotatable bonds is 4. The minimum atomic E-state index is -0.492. The number of hydrogen-bond acceptors (Lipinski definition) is 4. The Kier molecular flexibility index (Phi) is 5.16. The number of benzene rings is 2. The van der Waals surface area contributed by atoms with Crippen LogP contribution in [0.3, 0.4) is 0 Å². The maximum atomic E-state index is 12.4. The van der Waals surface area contributed by atoms with Gasteiger partial charge in [0.25, 0.3) is 5.91 Å². The molecule has 1 aromatic heterocycles. The summed E-state index contributed by atoms with van der Waals surface area (Å²) in [5.41, 5.74) is 1.84. The largest absolute Gasteiger partial charge is 0.465 e. The Bertz CT molecular complexity index is 904. The summed E-state index contributed by atoms with van der Waals surface area (Å²) in [5, 5.41) is 3.42. The molecular formula is C19H14ClNO3S. The van der Waals surface area contributed by atoms with Crippen LogP contribution < -0.4 is 5.32 Å². The summed E-state index contributed by atoms with van der Waals surface area (Å²) in [4.78, 5) is 25.6. The zero-order chi connectivity index (χ0) is 17.8. The lowest BCUT2D eigenvalue weighted by molar-refractivity contribution is 0.0607. The molecule has 126 valence electrons. The number of anilines is 1. The molecule has 0 fully saturated rings. The molecule has 0 aliphatic rings. The zero-order valence-corrected chi connectivity index (χ0v) is 14.9. The Morgan fingerprint density at radius 2 is 1.72 bits per heavy atom. The highest BCUT2D eigenvalue weighted by atomic mass is 35.5. The van der Waals surface area contributed by atoms with Crippen molar-refractivity contribution < 1.29 is 14.3 Å². The molecule has 3 rings (SSSR count). The lowest BCUT2D eigenvalue weighted by Gasteiger charge is -2.05. The van der Waals surface area contributed by atoms with Crippen LogP contribution in [0.15, 0.2) is 60.7 Å². The molecule has 0 saturated heterocycles. The summed E-state index contributed by atoms with van der Waals surface area (Å²) in [6.45, 7) is 0. The van der Waals surface area contributed by atoms with E-state index >= 15 is 0 Å². The van der Waals surface area contributed by atoms with Crippen molar-refractivity contribution in [2.24, 2.45) is 0 Å². The van der Waals surface area contributed by atoms with E-state index in [0.717, 1.165) is 10.4 Å². The van der Waals surface area contributed by atoms with Gasteiger partial charge in [-0.05, 0) is 35.9 Å². The molecule has 0 aliphatic heterocycles. The lowest BCUT2D eigenvalue weighted by Crippen LogP contribution is -2.13. The van der Waals surface area contributed by atoms with Crippen LogP contribution in [-0.4, -0.2) is 19.0 Å². The molecule has 0 radical (unpaired) electrons. The van der Waals surface area contributed by atoms with E-state index in [0.29, 0.717) is 21.2 Å². The number of nitrogens with one attached hydrogen (secondary N) is 1. The normalized spacial score (nSPS) is 10.3. The van der Waals surface area contributed by atoms with Gasteiger partial charge in [0.2, 0.25) is 0 Å². The number of hydrogen-bond donors (Lipinski definition) is 1. The molecular weight excluding hydrogens is 358 g/mol. The average Bonchev–Trinajstić information content (AvgIpc) is 3.06. The van der Waals surface area contributed by atoms with Crippen LogP contribution in [0.5, 0.6) is 0 Å². The van der Waals surface area contributed by atoms with E-state index in [1.807, 2.05) is 18.2 Å². The summed E-state index contributed by atoms with van der Waals surface area (Å²) >= 11 is 7.17. The number of ether oxygens (including phenoxy) is 1. The summed E-state index contributed by atoms with van der Waals surface area (Å²) < 4.78 is 4.83. The monoisotopic (exact) mass is 371 g/mol. The first-order chi connectivity index (χ1) is 12.1. The van der Waals surface area contributed by atoms with E-state index in [9.17, 15) is 9.59 Å². The first-order valence-corrected chi connectivity index (χ1v) is 8.62. The van der Waals surface area contributed by atoms with E-state index < -0.39 is 5.97 Å². The van der Waals surface area contributed by atoms with Gasteiger partial charge >= 0.3 is 5.97 Å². The van der Waals surface area contributed by atoms with Gasteiger partial charge in [-0.3, -0.25) is 4.79 Å². The number of carbonyl (C=O) groups is 2. The second-order valence-electron chi connectivity index (χ2n) is 5.17. The molecule has 3 aromatic rings. The Morgan fingerprint density at radius 1 is 1.04 bits per heavy atom. The van der Waals surface area contributed by atoms with Gasteiger partial charge in [0.1, 0.15) is 4.88 Å². The second kappa shape index (κ2) is 7.51. The maximum absolute atomic E-state index is 12.4. The molecule has 0 spiro atoms. The lowest BCUT2D eigenvalue weighted by atomic mass is 10.2. The fourth-order valence-electron chi connectivity index (χ4n) is 2.27. The van der Waals surface area contributed by atoms with Crippen molar-refractivity contribution in [3.8, 4) is 10.4 Å². The first kappa shape index (κ1) is 17.2. The summed E-state index contributed by atoms with van der Waals surface area (Å²) in [6, 6.07) is 17.8. The standard InChI is InChI=1S/C19H14ClNO3S/c1-24-19(23)17-15(21-18(22)13-5-3-2-4-6-13)11-16(25-17)12-7-9-14(20)10-8-12/h2-11H,1H3,(H,21,22). The van der Waals surface area contributed by atoms with Crippen LogP contribution >= 0.6 is 22.9 Å². The van der Waals surface area contributed by atoms with Crippen LogP contribution in [0.25, 0.3) is 10.4 Å². The quantitative estimate of drug-likeness (QED) is 0.648. The van der Waals surface area contributed by atoms with Crippen molar-refractivity contribution in [1.29, 1.82) is 0 Å². The van der Waals surface area contributed by atoms with Crippen molar-refractivity contribution in [3.63, 3.8) is 0 Å². The van der Waals surface area contributed by atoms with Gasteiger partial charge in [0.15, 0.2) is 0 Å². The number of esters is 1. The Hall–Kier alpha value is -2.63. The van der Waals surface area contributed by atoms with E-state index in [1.165, 1.54) is 18.4 Å². The van der Waals surface area contributed by atoms with Crippen LogP contribution in [0.2, 0.25) is 5.02 Å². The van der Waals surface area contributed by atoms with E-state index in [1.54, 1.807) is 42.5 Å². The third kappa shape index (κ3) is 3.90. The van der Waals surface area contributed by atoms with Gasteiger partial charge in [-0.1, -0.05) is 41.9 Å². The molecule has 1 heterocycles. The minimum Gasteiger partial charge on any atom is -0.465 e. The van der Waals surface area contributed by atoms with Crippen LogP contribution in [0.1, 0.15) is 20.0 Å². The minimum absolute atomic E-state index is 0.286. The van der Waals surface area contributed by atoms with Crippen molar-refractivity contribution in [2.75, 3.05) is 12.4 Å². The molecule has 0 unspecified atom stereocenters. The molecule has 1 amide bonds. The van der Waals surface area contributed by atoms with Crippen LogP contribution in [-0.2, 0) is 4.74 Å². The van der Waals surface area contributed by atoms with E-state index in [4.69, 9.17) is 16.3 Å². The molecule has 25 heavy (non-hydrogen) atoms. The highest BCUT2D eigenvalue weighted by Gasteiger charge is 2.20. The maximum Gasteiger partial charge on any atom is 0.350 e. The number of halogens is 1. The van der Waals surface area contributed by atoms with Gasteiger partial charge in [-0.15, -0.1) is 11.3 Å². The Labute approximate surface area is 154 Å². The molecule has 6 heteroatoms. The first-order valence-electron chi connectivity index (χ1n) is 7.43. The Morgan fingerprint density at radius 3 is 2.36 bits per heavy atom. The number of carbonyl (C=O) groups excluding carboxylic acids is 2. The van der Waals surface area contributed by atoms with E-state index in [2.05, 4.69) is 5.32 Å². The van der Waals surface area contributed by atoms with Gasteiger partial charge < -0.3 is 10.1 Å². The summed E-state index contributed by atoms with van der Waals surface area (Å²) in [5.74, 6) is -0.778. The average molecular weight is 372 g/mol. The molecule has 2 aromatic carbocycles. The van der Waals surface area contributed by atoms with Crippen molar-refractivity contribution >= 4 is 40.5 Å². The fourth-order valence-corrected chi connectivity index (χ4v) is 3.43. The van der Waals surface area contributed by atoms with Gasteiger partial charge in [-0.25, -0.2) is 4.79 Å². The number of methoxy groups -OCH3 is 1. The molecule has 0 saturated carbocycles. The second-order valence-corrected chi connectivity index (χ2v) is 6.66. The van der Waals surface area contributed by atoms with Gasteiger partial charge in [-0.2, -0.15) is 0 Å². The highest BCUT2D eigenvalue weighted by Crippen LogP contribution is 2.36. The zero-order valence-electron chi connectivity index (χ0n) is 13.3. The molecule has 0 bridgehead atoms. The van der Waals surface area contributed by atoms with Crippen LogP contribution in [0, 0.1) is 0 Å². The third-order valence-corrected chi connectivity index (χ3v) is 4.93. The predicted molar refractivity (Wildman–Crippen MR) is 100 cm³/mol. The summed E-state index contributed by atoms with van der Waals surface area (Å²) in [7, 11) is 1.31. The smallest absolute Gasteiger partial charge is 0.350 e. The SMILES string of the molecule is COC(=O)c1sc(-c2ccc(Cl)cc2)cc1NC(=O)c1ccccc1. The highest BCUT2D eigenvalue weighted by molar-refractivity contribution is 7.18. The molecule has 4 nitrogen and oxygen atoms in total. The van der Waals surface area contributed by atoms with Crippen molar-refractivity contribution in [1.82, 2.24) is 0 Å². The summed E-state index contributed by atoms with van der Waals surface area (Å²) in [6.07, 6.45) is 0. The van der Waals surface area contributed by atoms with Crippen molar-refractivity contribution in [2.45, 2.75) is 0 Å². The molecule has 0 atom stereocenters.